The molecule has 0 saturated heterocycles. The predicted molar refractivity (Wildman–Crippen MR) is 97.0 cm³/mol. The van der Waals surface area contributed by atoms with Gasteiger partial charge in [0.1, 0.15) is 0 Å². The molecular weight excluding hydrogens is 336 g/mol. The molecule has 0 spiro atoms. The van der Waals surface area contributed by atoms with Crippen molar-refractivity contribution in [2.75, 3.05) is 13.2 Å². The molecule has 136 valence electrons. The molecule has 0 fully saturated rings. The lowest BCUT2D eigenvalue weighted by molar-refractivity contribution is -0.139. The van der Waals surface area contributed by atoms with E-state index in [0.29, 0.717) is 29.2 Å². The molecule has 0 saturated carbocycles. The quantitative estimate of drug-likeness (QED) is 0.560. The molecule has 0 unspecified atom stereocenters. The zero-order valence-corrected chi connectivity index (χ0v) is 14.6. The van der Waals surface area contributed by atoms with Crippen molar-refractivity contribution in [3.05, 3.63) is 59.2 Å². The Morgan fingerprint density at radius 3 is 2.62 bits per heavy atom. The Kier molecular flexibility index (Phi) is 6.73. The van der Waals surface area contributed by atoms with Gasteiger partial charge in [0.25, 0.3) is 5.91 Å². The van der Waals surface area contributed by atoms with Crippen LogP contribution in [0.25, 0.3) is 0 Å². The third kappa shape index (κ3) is 5.34. The van der Waals surface area contributed by atoms with Gasteiger partial charge in [-0.05, 0) is 49.2 Å². The van der Waals surface area contributed by atoms with Gasteiger partial charge in [-0.2, -0.15) is 5.10 Å². The molecule has 0 radical (unpaired) electrons. The van der Waals surface area contributed by atoms with Crippen LogP contribution in [0.1, 0.15) is 28.4 Å². The Bertz CT molecular complexity index is 817. The van der Waals surface area contributed by atoms with Crippen LogP contribution in [0.4, 0.5) is 0 Å². The van der Waals surface area contributed by atoms with E-state index in [1.165, 1.54) is 6.21 Å². The molecule has 0 aliphatic rings. The van der Waals surface area contributed by atoms with E-state index in [1.54, 1.807) is 30.3 Å². The molecule has 2 aromatic rings. The average Bonchev–Trinajstić information content (AvgIpc) is 2.61. The second-order valence-electron chi connectivity index (χ2n) is 5.34. The molecule has 0 atom stereocenters. The van der Waals surface area contributed by atoms with Crippen LogP contribution in [0, 0.1) is 6.92 Å². The van der Waals surface area contributed by atoms with Gasteiger partial charge < -0.3 is 14.6 Å². The lowest BCUT2D eigenvalue weighted by Gasteiger charge is -2.11. The molecule has 2 N–H and O–H groups in total. The maximum Gasteiger partial charge on any atom is 0.341 e. The van der Waals surface area contributed by atoms with Gasteiger partial charge >= 0.3 is 5.97 Å². The zero-order chi connectivity index (χ0) is 18.9. The van der Waals surface area contributed by atoms with Gasteiger partial charge in [-0.15, -0.1) is 0 Å². The van der Waals surface area contributed by atoms with Gasteiger partial charge in [0.05, 0.1) is 12.8 Å². The van der Waals surface area contributed by atoms with Crippen LogP contribution in [-0.2, 0) is 4.79 Å². The minimum atomic E-state index is -1.07. The summed E-state index contributed by atoms with van der Waals surface area (Å²) in [6.45, 7) is 3.60. The van der Waals surface area contributed by atoms with Gasteiger partial charge in [-0.3, -0.25) is 4.79 Å². The van der Waals surface area contributed by atoms with E-state index in [4.69, 9.17) is 14.6 Å². The normalized spacial score (nSPS) is 10.5. The lowest BCUT2D eigenvalue weighted by atomic mass is 10.1. The number of hydrazone groups is 1. The smallest absolute Gasteiger partial charge is 0.341 e. The second-order valence-corrected chi connectivity index (χ2v) is 5.34. The van der Waals surface area contributed by atoms with Gasteiger partial charge in [0.2, 0.25) is 0 Å². The zero-order valence-electron chi connectivity index (χ0n) is 14.6. The van der Waals surface area contributed by atoms with Crippen LogP contribution < -0.4 is 14.9 Å². The van der Waals surface area contributed by atoms with Crippen molar-refractivity contribution in [3.63, 3.8) is 0 Å². The summed E-state index contributed by atoms with van der Waals surface area (Å²) in [4.78, 5) is 22.7. The summed E-state index contributed by atoms with van der Waals surface area (Å²) in [5.41, 5.74) is 4.56. The number of carboxylic acids is 1. The fourth-order valence-electron chi connectivity index (χ4n) is 2.19. The van der Waals surface area contributed by atoms with Crippen LogP contribution in [0.5, 0.6) is 11.5 Å². The van der Waals surface area contributed by atoms with Crippen molar-refractivity contribution in [1.82, 2.24) is 5.43 Å². The Morgan fingerprint density at radius 2 is 1.92 bits per heavy atom. The SMILES string of the molecule is CCOc1cc(/C=N/NC(=O)c2ccccc2C)ccc1OCC(=O)O. The molecule has 0 heterocycles. The number of carbonyl (C=O) groups is 2. The molecule has 0 aliphatic heterocycles. The highest BCUT2D eigenvalue weighted by atomic mass is 16.5. The first-order valence-electron chi connectivity index (χ1n) is 8.01. The molecule has 7 heteroatoms. The summed E-state index contributed by atoms with van der Waals surface area (Å²) >= 11 is 0. The summed E-state index contributed by atoms with van der Waals surface area (Å²) in [5, 5.41) is 12.7. The number of carboxylic acid groups (broad SMARTS) is 1. The monoisotopic (exact) mass is 356 g/mol. The number of hydrogen-bond acceptors (Lipinski definition) is 5. The van der Waals surface area contributed by atoms with E-state index in [0.717, 1.165) is 5.56 Å². The highest BCUT2D eigenvalue weighted by Gasteiger charge is 2.09. The van der Waals surface area contributed by atoms with Crippen molar-refractivity contribution < 1.29 is 24.2 Å². The van der Waals surface area contributed by atoms with E-state index in [1.807, 2.05) is 26.0 Å². The number of aliphatic carboxylic acids is 1. The van der Waals surface area contributed by atoms with Crippen LogP contribution in [-0.4, -0.2) is 36.4 Å². The molecule has 2 aromatic carbocycles. The van der Waals surface area contributed by atoms with Gasteiger partial charge in [-0.1, -0.05) is 18.2 Å². The molecular formula is C19H20N2O5. The molecule has 7 nitrogen and oxygen atoms in total. The average molecular weight is 356 g/mol. The number of rotatable bonds is 8. The maximum absolute atomic E-state index is 12.1. The summed E-state index contributed by atoms with van der Waals surface area (Å²) in [6, 6.07) is 12.2. The van der Waals surface area contributed by atoms with Crippen LogP contribution in [0.3, 0.4) is 0 Å². The topological polar surface area (TPSA) is 97.2 Å². The predicted octanol–water partition coefficient (Wildman–Crippen LogP) is 2.62. The molecule has 2 rings (SSSR count). The second kappa shape index (κ2) is 9.22. The van der Waals surface area contributed by atoms with Gasteiger partial charge in [0, 0.05) is 5.56 Å². The third-order valence-corrected chi connectivity index (χ3v) is 3.39. The molecule has 0 aliphatic carbocycles. The van der Waals surface area contributed by atoms with Crippen LogP contribution in [0.15, 0.2) is 47.6 Å². The van der Waals surface area contributed by atoms with Crippen molar-refractivity contribution >= 4 is 18.1 Å². The van der Waals surface area contributed by atoms with Crippen LogP contribution in [0.2, 0.25) is 0 Å². The van der Waals surface area contributed by atoms with E-state index in [2.05, 4.69) is 10.5 Å². The summed E-state index contributed by atoms with van der Waals surface area (Å²) in [5.74, 6) is -0.638. The van der Waals surface area contributed by atoms with Crippen molar-refractivity contribution in [2.45, 2.75) is 13.8 Å². The lowest BCUT2D eigenvalue weighted by Crippen LogP contribution is -2.18. The fraction of sp³-hybridized carbons (Fsp3) is 0.211. The number of hydrogen-bond donors (Lipinski definition) is 2. The molecule has 1 amide bonds. The number of benzene rings is 2. The molecule has 0 aromatic heterocycles. The summed E-state index contributed by atoms with van der Waals surface area (Å²) in [7, 11) is 0. The largest absolute Gasteiger partial charge is 0.490 e. The van der Waals surface area contributed by atoms with E-state index in [-0.39, 0.29) is 5.91 Å². The van der Waals surface area contributed by atoms with Crippen molar-refractivity contribution in [1.29, 1.82) is 0 Å². The minimum absolute atomic E-state index is 0.300. The van der Waals surface area contributed by atoms with E-state index >= 15 is 0 Å². The summed E-state index contributed by atoms with van der Waals surface area (Å²) < 4.78 is 10.6. The molecule has 26 heavy (non-hydrogen) atoms. The number of carbonyl (C=O) groups excluding carboxylic acids is 1. The van der Waals surface area contributed by atoms with Gasteiger partial charge in [0.15, 0.2) is 18.1 Å². The minimum Gasteiger partial charge on any atom is -0.490 e. The van der Waals surface area contributed by atoms with Crippen LogP contribution >= 0.6 is 0 Å². The Hall–Kier alpha value is -3.35. The first kappa shape index (κ1) is 19.0. The van der Waals surface area contributed by atoms with Crippen molar-refractivity contribution in [3.8, 4) is 11.5 Å². The first-order chi connectivity index (χ1) is 12.5. The van der Waals surface area contributed by atoms with Gasteiger partial charge in [-0.25, -0.2) is 10.2 Å². The summed E-state index contributed by atoms with van der Waals surface area (Å²) in [6.07, 6.45) is 1.47. The standard InChI is InChI=1S/C19H20N2O5/c1-3-25-17-10-14(8-9-16(17)26-12-18(22)23)11-20-21-19(24)15-7-5-4-6-13(15)2/h4-11H,3,12H2,1-2H3,(H,21,24)(H,22,23)/b20-11+. The third-order valence-electron chi connectivity index (χ3n) is 3.39. The number of aryl methyl sites for hydroxylation is 1. The number of nitrogens with one attached hydrogen (secondary N) is 1. The molecule has 0 bridgehead atoms. The highest BCUT2D eigenvalue weighted by Crippen LogP contribution is 2.28. The Morgan fingerprint density at radius 1 is 1.15 bits per heavy atom. The fourth-order valence-corrected chi connectivity index (χ4v) is 2.19. The van der Waals surface area contributed by atoms with E-state index < -0.39 is 12.6 Å². The van der Waals surface area contributed by atoms with E-state index in [9.17, 15) is 9.59 Å². The first-order valence-corrected chi connectivity index (χ1v) is 8.01. The number of ether oxygens (including phenoxy) is 2. The number of nitrogens with zero attached hydrogens (tertiary/aromatic N) is 1. The Balaban J connectivity index is 2.07. The Labute approximate surface area is 151 Å². The van der Waals surface area contributed by atoms with Crippen molar-refractivity contribution in [2.24, 2.45) is 5.10 Å². The highest BCUT2D eigenvalue weighted by molar-refractivity contribution is 5.96. The number of amides is 1. The maximum atomic E-state index is 12.1.